The molecule has 3 rings (SSSR count). The van der Waals surface area contributed by atoms with Gasteiger partial charge in [-0.2, -0.15) is 0 Å². The van der Waals surface area contributed by atoms with Gasteiger partial charge < -0.3 is 19.7 Å². The summed E-state index contributed by atoms with van der Waals surface area (Å²) in [5, 5.41) is 4.01. The number of halogens is 1. The molecular weight excluding hydrogens is 520 g/mol. The molecule has 2 aromatic carbocycles. The Bertz CT molecular complexity index is 1180. The lowest BCUT2D eigenvalue weighted by atomic mass is 10.1. The fourth-order valence-electron chi connectivity index (χ4n) is 3.85. The van der Waals surface area contributed by atoms with Crippen molar-refractivity contribution in [3.63, 3.8) is 0 Å². The lowest BCUT2D eigenvalue weighted by Crippen LogP contribution is -2.24. The first-order valence-electron chi connectivity index (χ1n) is 12.9. The van der Waals surface area contributed by atoms with Gasteiger partial charge in [0.1, 0.15) is 11.0 Å². The number of methoxy groups -OCH3 is 2. The Kier molecular flexibility index (Phi) is 12.0. The number of carbonyl (C=O) groups is 1. The molecule has 0 unspecified atom stereocenters. The molecule has 0 radical (unpaired) electrons. The fraction of sp³-hybridized carbons (Fsp3) is 0.414. The maximum absolute atomic E-state index is 12.3. The Morgan fingerprint density at radius 2 is 1.71 bits per heavy atom. The predicted molar refractivity (Wildman–Crippen MR) is 156 cm³/mol. The third-order valence-electron chi connectivity index (χ3n) is 6.14. The highest BCUT2D eigenvalue weighted by atomic mass is 35.5. The van der Waals surface area contributed by atoms with Crippen LogP contribution < -0.4 is 19.7 Å². The van der Waals surface area contributed by atoms with Gasteiger partial charge in [0.15, 0.2) is 16.7 Å². The molecule has 0 aliphatic carbocycles. The van der Waals surface area contributed by atoms with Gasteiger partial charge in [-0.1, -0.05) is 67.7 Å². The van der Waals surface area contributed by atoms with Crippen LogP contribution in [0.2, 0.25) is 5.15 Å². The summed E-state index contributed by atoms with van der Waals surface area (Å²) >= 11 is 7.84. The average molecular weight is 557 g/mol. The summed E-state index contributed by atoms with van der Waals surface area (Å²) in [7, 11) is 5.25. The van der Waals surface area contributed by atoms with Gasteiger partial charge >= 0.3 is 0 Å². The molecule has 7 nitrogen and oxygen atoms in total. The molecule has 204 valence electrons. The lowest BCUT2D eigenvalue weighted by molar-refractivity contribution is 0.0953. The Morgan fingerprint density at radius 1 is 0.974 bits per heavy atom. The highest BCUT2D eigenvalue weighted by Gasteiger charge is 2.11. The van der Waals surface area contributed by atoms with Gasteiger partial charge in [0.05, 0.1) is 14.2 Å². The van der Waals surface area contributed by atoms with Crippen LogP contribution in [0.5, 0.6) is 11.5 Å². The molecule has 0 bridgehead atoms. The topological polar surface area (TPSA) is 76.6 Å². The van der Waals surface area contributed by atoms with Crippen molar-refractivity contribution in [3.05, 3.63) is 70.4 Å². The molecule has 0 spiro atoms. The van der Waals surface area contributed by atoms with E-state index in [1.54, 1.807) is 20.3 Å². The Balaban J connectivity index is 1.53. The average Bonchev–Trinajstić information content (AvgIpc) is 2.94. The van der Waals surface area contributed by atoms with E-state index in [1.165, 1.54) is 24.6 Å². The van der Waals surface area contributed by atoms with Crippen molar-refractivity contribution >= 4 is 35.1 Å². The normalized spacial score (nSPS) is 10.8. The second-order valence-electron chi connectivity index (χ2n) is 8.99. The summed E-state index contributed by atoms with van der Waals surface area (Å²) in [6.07, 6.45) is 5.36. The van der Waals surface area contributed by atoms with Crippen molar-refractivity contribution in [2.24, 2.45) is 0 Å². The van der Waals surface area contributed by atoms with Crippen molar-refractivity contribution < 1.29 is 14.3 Å². The Labute approximate surface area is 235 Å². The first-order valence-corrected chi connectivity index (χ1v) is 14.3. The van der Waals surface area contributed by atoms with Gasteiger partial charge in [0.2, 0.25) is 0 Å². The third kappa shape index (κ3) is 9.10. The second kappa shape index (κ2) is 15.4. The quantitative estimate of drug-likeness (QED) is 0.1000. The first-order chi connectivity index (χ1) is 18.4. The molecule has 9 heteroatoms. The number of nitrogens with one attached hydrogen (secondary N) is 1. The number of aromatic nitrogens is 2. The van der Waals surface area contributed by atoms with Crippen LogP contribution in [0, 0.1) is 0 Å². The minimum Gasteiger partial charge on any atom is -0.493 e. The number of likely N-dealkylation sites (N-methyl/N-ethyl adjacent to an activating group) is 1. The molecule has 0 fully saturated rings. The van der Waals surface area contributed by atoms with Gasteiger partial charge in [-0.3, -0.25) is 4.79 Å². The maximum atomic E-state index is 12.3. The van der Waals surface area contributed by atoms with Crippen LogP contribution in [0.4, 0.5) is 5.82 Å². The third-order valence-corrected chi connectivity index (χ3v) is 7.25. The van der Waals surface area contributed by atoms with E-state index in [1.807, 2.05) is 49.5 Å². The number of anilines is 1. The molecule has 0 aliphatic rings. The summed E-state index contributed by atoms with van der Waals surface area (Å²) in [6.45, 7) is 3.64. The zero-order chi connectivity index (χ0) is 27.3. The summed E-state index contributed by atoms with van der Waals surface area (Å²) in [5.41, 5.74) is 2.89. The Morgan fingerprint density at radius 3 is 2.42 bits per heavy atom. The SMILES string of the molecule is CCCCCCNC(=O)c1ccc(CSc2nc(Cl)cc(N(C)CCc3ccc(OC)c(OC)c3)n2)cc1. The van der Waals surface area contributed by atoms with Crippen molar-refractivity contribution in [1.82, 2.24) is 15.3 Å². The molecule has 0 aliphatic heterocycles. The number of hydrogen-bond donors (Lipinski definition) is 1. The zero-order valence-corrected chi connectivity index (χ0v) is 24.2. The van der Waals surface area contributed by atoms with Crippen molar-refractivity contribution in [2.45, 2.75) is 49.9 Å². The van der Waals surface area contributed by atoms with E-state index in [2.05, 4.69) is 22.1 Å². The zero-order valence-electron chi connectivity index (χ0n) is 22.6. The number of rotatable bonds is 15. The number of carbonyl (C=O) groups excluding carboxylic acids is 1. The molecule has 1 amide bonds. The van der Waals surface area contributed by atoms with Gasteiger partial charge in [-0.05, 0) is 48.2 Å². The first kappa shape index (κ1) is 29.6. The van der Waals surface area contributed by atoms with E-state index < -0.39 is 0 Å². The monoisotopic (exact) mass is 556 g/mol. The number of hydrogen-bond acceptors (Lipinski definition) is 7. The van der Waals surface area contributed by atoms with Gasteiger partial charge in [0.25, 0.3) is 5.91 Å². The molecule has 0 saturated heterocycles. The number of thioether (sulfide) groups is 1. The van der Waals surface area contributed by atoms with Crippen LogP contribution in [0.1, 0.15) is 54.1 Å². The predicted octanol–water partition coefficient (Wildman–Crippen LogP) is 6.43. The minimum atomic E-state index is -0.0281. The van der Waals surface area contributed by atoms with Crippen molar-refractivity contribution in [2.75, 3.05) is 39.3 Å². The van der Waals surface area contributed by atoms with E-state index in [9.17, 15) is 4.79 Å². The molecule has 3 aromatic rings. The Hall–Kier alpha value is -2.97. The number of unbranched alkanes of at least 4 members (excludes halogenated alkanes) is 3. The lowest BCUT2D eigenvalue weighted by Gasteiger charge is -2.19. The summed E-state index contributed by atoms with van der Waals surface area (Å²) in [5.74, 6) is 2.84. The van der Waals surface area contributed by atoms with E-state index in [0.717, 1.165) is 42.8 Å². The highest BCUT2D eigenvalue weighted by molar-refractivity contribution is 7.98. The number of amides is 1. The molecule has 1 heterocycles. The second-order valence-corrected chi connectivity index (χ2v) is 10.3. The molecule has 1 N–H and O–H groups in total. The number of ether oxygens (including phenoxy) is 2. The highest BCUT2D eigenvalue weighted by Crippen LogP contribution is 2.28. The maximum Gasteiger partial charge on any atom is 0.251 e. The van der Waals surface area contributed by atoms with Gasteiger partial charge in [-0.25, -0.2) is 9.97 Å². The van der Waals surface area contributed by atoms with Gasteiger partial charge in [0, 0.05) is 37.5 Å². The van der Waals surface area contributed by atoms with Crippen LogP contribution in [-0.4, -0.2) is 50.2 Å². The molecular formula is C29H37ClN4O3S. The molecule has 0 atom stereocenters. The van der Waals surface area contributed by atoms with E-state index in [-0.39, 0.29) is 5.91 Å². The fourth-order valence-corrected chi connectivity index (χ4v) is 4.89. The van der Waals surface area contributed by atoms with E-state index in [4.69, 9.17) is 26.1 Å². The largest absolute Gasteiger partial charge is 0.493 e. The van der Waals surface area contributed by atoms with Crippen LogP contribution in [-0.2, 0) is 12.2 Å². The van der Waals surface area contributed by atoms with E-state index in [0.29, 0.717) is 39.7 Å². The molecule has 38 heavy (non-hydrogen) atoms. The number of nitrogens with zero attached hydrogens (tertiary/aromatic N) is 3. The smallest absolute Gasteiger partial charge is 0.251 e. The van der Waals surface area contributed by atoms with Crippen molar-refractivity contribution in [1.29, 1.82) is 0 Å². The van der Waals surface area contributed by atoms with Crippen molar-refractivity contribution in [3.8, 4) is 11.5 Å². The molecule has 1 aromatic heterocycles. The van der Waals surface area contributed by atoms with Gasteiger partial charge in [-0.15, -0.1) is 0 Å². The minimum absolute atomic E-state index is 0.0281. The van der Waals surface area contributed by atoms with Crippen LogP contribution in [0.3, 0.4) is 0 Å². The standard InChI is InChI=1S/C29H37ClN4O3S/c1-5-6-7-8-16-31-28(35)23-12-9-22(10-13-23)20-38-29-32-26(30)19-27(33-29)34(2)17-15-21-11-14-24(36-3)25(18-21)37-4/h9-14,18-19H,5-8,15-17,20H2,1-4H3,(H,31,35). The molecule has 0 saturated carbocycles. The number of benzene rings is 2. The summed E-state index contributed by atoms with van der Waals surface area (Å²) < 4.78 is 10.7. The van der Waals surface area contributed by atoms with Crippen LogP contribution in [0.15, 0.2) is 53.7 Å². The summed E-state index contributed by atoms with van der Waals surface area (Å²) in [4.78, 5) is 23.5. The summed E-state index contributed by atoms with van der Waals surface area (Å²) in [6, 6.07) is 15.4. The van der Waals surface area contributed by atoms with E-state index >= 15 is 0 Å². The van der Waals surface area contributed by atoms with Crippen LogP contribution in [0.25, 0.3) is 0 Å². The van der Waals surface area contributed by atoms with Crippen LogP contribution >= 0.6 is 23.4 Å².